The fraction of sp³-hybridized carbons (Fsp3) is 0.415. The molecule has 17 heteroatoms. The molecular weight excluding hydrogens is 887 g/mol. The first kappa shape index (κ1) is 46.6. The maximum atomic E-state index is 14.1. The molecule has 4 aliphatic heterocycles. The molecule has 10 rings (SSSR count). The summed E-state index contributed by atoms with van der Waals surface area (Å²) in [7, 11) is 1.65. The Morgan fingerprint density at radius 3 is 2.51 bits per heavy atom. The van der Waals surface area contributed by atoms with Crippen molar-refractivity contribution < 1.29 is 24.3 Å². The third kappa shape index (κ3) is 8.44. The number of piperazine rings is 1. The number of benzene rings is 1. The number of fused-ring (bicyclic) bond motifs is 4. The molecule has 0 saturated carbocycles. The van der Waals surface area contributed by atoms with Gasteiger partial charge in [-0.05, 0) is 111 Å². The zero-order valence-electron chi connectivity index (χ0n) is 40.7. The van der Waals surface area contributed by atoms with E-state index < -0.39 is 11.3 Å². The minimum absolute atomic E-state index is 0.0298. The van der Waals surface area contributed by atoms with E-state index in [4.69, 9.17) is 4.98 Å². The van der Waals surface area contributed by atoms with Crippen molar-refractivity contribution in [3.05, 3.63) is 111 Å². The van der Waals surface area contributed by atoms with Crippen molar-refractivity contribution in [1.82, 2.24) is 29.3 Å². The SMILES string of the molecule is C[C@H]1CN(C2CCN(c3ccc4c(c3)NC(=O)C4(C)C)CC2)CCN1c1cnc(Nc2cc(-c3ccnc(N4CCn5c(cc6c5CC(C)(C)C6)C4=O)c3CO)cn(C)c2=O)cc1C=CC(=O)NC=O. The smallest absolute Gasteiger partial charge is 0.276 e. The van der Waals surface area contributed by atoms with E-state index >= 15 is 0 Å². The number of aliphatic hydroxyl groups is 1. The van der Waals surface area contributed by atoms with Gasteiger partial charge in [-0.25, -0.2) is 9.97 Å². The maximum absolute atomic E-state index is 14.1. The van der Waals surface area contributed by atoms with Crippen LogP contribution in [0.4, 0.5) is 34.4 Å². The molecular formula is C53H61N11O6. The summed E-state index contributed by atoms with van der Waals surface area (Å²) in [5.41, 5.74) is 8.85. The topological polar surface area (TPSA) is 190 Å². The molecule has 0 bridgehead atoms. The Kier molecular flexibility index (Phi) is 12.0. The van der Waals surface area contributed by atoms with Crippen LogP contribution in [0.2, 0.25) is 0 Å². The van der Waals surface area contributed by atoms with E-state index in [1.807, 2.05) is 19.9 Å². The zero-order chi connectivity index (χ0) is 49.2. The van der Waals surface area contributed by atoms with Gasteiger partial charge in [-0.3, -0.25) is 39.1 Å². The summed E-state index contributed by atoms with van der Waals surface area (Å²) in [5.74, 6) is 0.0301. The number of imide groups is 1. The van der Waals surface area contributed by atoms with E-state index in [9.17, 15) is 29.1 Å². The second-order valence-electron chi connectivity index (χ2n) is 20.8. The van der Waals surface area contributed by atoms with Gasteiger partial charge in [0.05, 0.1) is 23.9 Å². The Morgan fingerprint density at radius 2 is 1.76 bits per heavy atom. The minimum Gasteiger partial charge on any atom is -0.392 e. The van der Waals surface area contributed by atoms with Crippen molar-refractivity contribution >= 4 is 64.6 Å². The Hall–Kier alpha value is -7.11. The maximum Gasteiger partial charge on any atom is 0.276 e. The fourth-order valence-electron chi connectivity index (χ4n) is 11.5. The Morgan fingerprint density at radius 1 is 0.957 bits per heavy atom. The largest absolute Gasteiger partial charge is 0.392 e. The summed E-state index contributed by atoms with van der Waals surface area (Å²) in [5, 5.41) is 19.3. The van der Waals surface area contributed by atoms with Crippen LogP contribution in [0.1, 0.15) is 85.9 Å². The summed E-state index contributed by atoms with van der Waals surface area (Å²) >= 11 is 0. The van der Waals surface area contributed by atoms with Crippen LogP contribution in [0.15, 0.2) is 71.9 Å². The van der Waals surface area contributed by atoms with E-state index in [2.05, 4.69) is 79.2 Å². The van der Waals surface area contributed by atoms with E-state index in [1.54, 1.807) is 54.8 Å². The van der Waals surface area contributed by atoms with Crippen LogP contribution in [0, 0.1) is 5.41 Å². The van der Waals surface area contributed by atoms with Gasteiger partial charge in [-0.2, -0.15) is 0 Å². The molecule has 2 fully saturated rings. The van der Waals surface area contributed by atoms with E-state index in [0.717, 1.165) is 81.0 Å². The predicted molar refractivity (Wildman–Crippen MR) is 271 cm³/mol. The first-order chi connectivity index (χ1) is 33.5. The van der Waals surface area contributed by atoms with Gasteiger partial charge >= 0.3 is 0 Å². The third-order valence-electron chi connectivity index (χ3n) is 15.2. The van der Waals surface area contributed by atoms with Crippen LogP contribution < -0.4 is 36.2 Å². The molecule has 5 aromatic rings. The molecule has 5 aliphatic rings. The van der Waals surface area contributed by atoms with Crippen molar-refractivity contribution in [3.63, 3.8) is 0 Å². The van der Waals surface area contributed by atoms with Crippen molar-refractivity contribution in [3.8, 4) is 11.1 Å². The van der Waals surface area contributed by atoms with Gasteiger partial charge in [0.15, 0.2) is 0 Å². The quantitative estimate of drug-likeness (QED) is 0.0982. The lowest BCUT2D eigenvalue weighted by Gasteiger charge is -2.47. The van der Waals surface area contributed by atoms with Crippen LogP contribution in [0.3, 0.4) is 0 Å². The number of hydrogen-bond acceptors (Lipinski definition) is 12. The summed E-state index contributed by atoms with van der Waals surface area (Å²) in [4.78, 5) is 82.4. The van der Waals surface area contributed by atoms with E-state index in [-0.39, 0.29) is 41.1 Å². The molecule has 2 saturated heterocycles. The van der Waals surface area contributed by atoms with Gasteiger partial charge in [0.25, 0.3) is 11.5 Å². The number of piperidine rings is 1. The molecule has 4 amide bonds. The Balaban J connectivity index is 0.860. The molecule has 1 atom stereocenters. The second-order valence-corrected chi connectivity index (χ2v) is 20.8. The normalized spacial score (nSPS) is 19.8. The molecule has 1 aliphatic carbocycles. The van der Waals surface area contributed by atoms with Crippen LogP contribution in [-0.4, -0.2) is 105 Å². The first-order valence-electron chi connectivity index (χ1n) is 24.3. The number of aliphatic hydroxyl groups excluding tert-OH is 1. The molecule has 0 unspecified atom stereocenters. The Bertz CT molecular complexity index is 3040. The van der Waals surface area contributed by atoms with Crippen molar-refractivity contribution in [1.29, 1.82) is 0 Å². The van der Waals surface area contributed by atoms with Crippen LogP contribution >= 0.6 is 0 Å². The first-order valence-corrected chi connectivity index (χ1v) is 24.3. The average molecular weight is 948 g/mol. The number of anilines is 6. The average Bonchev–Trinajstić information content (AvgIpc) is 3.92. The molecule has 1 aromatic carbocycles. The molecule has 364 valence electrons. The lowest BCUT2D eigenvalue weighted by atomic mass is 9.86. The van der Waals surface area contributed by atoms with Gasteiger partial charge in [0, 0.05) is 117 Å². The van der Waals surface area contributed by atoms with Crippen molar-refractivity contribution in [2.24, 2.45) is 12.5 Å². The highest BCUT2D eigenvalue weighted by Gasteiger charge is 2.40. The molecule has 0 spiro atoms. The van der Waals surface area contributed by atoms with Crippen LogP contribution in [0.5, 0.6) is 0 Å². The van der Waals surface area contributed by atoms with Crippen LogP contribution in [0.25, 0.3) is 17.2 Å². The lowest BCUT2D eigenvalue weighted by molar-refractivity contribution is -0.122. The lowest BCUT2D eigenvalue weighted by Crippen LogP contribution is -2.57. The number of pyridine rings is 3. The number of carbonyl (C=O) groups is 4. The summed E-state index contributed by atoms with van der Waals surface area (Å²) in [6.07, 6.45) is 12.2. The number of amides is 4. The Labute approximate surface area is 407 Å². The van der Waals surface area contributed by atoms with Gasteiger partial charge in [0.2, 0.25) is 18.2 Å². The molecule has 0 radical (unpaired) electrons. The number of hydrogen-bond donors (Lipinski definition) is 4. The molecule has 17 nitrogen and oxygen atoms in total. The minimum atomic E-state index is -0.573. The highest BCUT2D eigenvalue weighted by Crippen LogP contribution is 2.42. The molecule has 4 aromatic heterocycles. The fourth-order valence-corrected chi connectivity index (χ4v) is 11.5. The third-order valence-corrected chi connectivity index (χ3v) is 15.2. The highest BCUT2D eigenvalue weighted by molar-refractivity contribution is 6.07. The number of nitrogens with one attached hydrogen (secondary N) is 3. The summed E-state index contributed by atoms with van der Waals surface area (Å²) in [6.45, 7) is 15.4. The van der Waals surface area contributed by atoms with Gasteiger partial charge < -0.3 is 34.7 Å². The monoisotopic (exact) mass is 947 g/mol. The van der Waals surface area contributed by atoms with Crippen LogP contribution in [-0.2, 0) is 52.8 Å². The molecule has 8 heterocycles. The number of carbonyl (C=O) groups excluding carboxylic acids is 4. The highest BCUT2D eigenvalue weighted by atomic mass is 16.3. The second kappa shape index (κ2) is 18.0. The number of nitrogens with zero attached hydrogens (tertiary/aromatic N) is 8. The summed E-state index contributed by atoms with van der Waals surface area (Å²) < 4.78 is 3.60. The van der Waals surface area contributed by atoms with E-state index in [1.165, 1.54) is 21.9 Å². The molecule has 70 heavy (non-hydrogen) atoms. The number of aryl methyl sites for hydroxylation is 1. The van der Waals surface area contributed by atoms with E-state index in [0.29, 0.717) is 65.1 Å². The van der Waals surface area contributed by atoms with Gasteiger partial charge in [-0.15, -0.1) is 0 Å². The zero-order valence-corrected chi connectivity index (χ0v) is 40.7. The number of rotatable bonds is 11. The summed E-state index contributed by atoms with van der Waals surface area (Å²) in [6, 6.07) is 14.1. The number of aromatic nitrogens is 4. The van der Waals surface area contributed by atoms with Gasteiger partial charge in [0.1, 0.15) is 23.0 Å². The van der Waals surface area contributed by atoms with Crippen molar-refractivity contribution in [2.45, 2.75) is 91.0 Å². The predicted octanol–water partition coefficient (Wildman–Crippen LogP) is 5.36. The molecule has 4 N–H and O–H groups in total. The van der Waals surface area contributed by atoms with Crippen molar-refractivity contribution in [2.75, 3.05) is 64.6 Å². The van der Waals surface area contributed by atoms with Gasteiger partial charge in [-0.1, -0.05) is 19.9 Å². The standard InChI is InChI=1S/C53H61N11O6/c1-32-28-61(36-12-15-60(16-13-36)37-8-9-40-41(24-37)58-51(70)53(40,4)5)17-18-62(32)45-27-55-46(23-33(45)7-10-47(67)56-31-66)57-42-21-35(29-59(6)49(42)68)38-11-14-54-48(39(38)30-65)64-20-19-63-43(50(64)69)22-34-25-52(2,3)26-44(34)63/h7-11,14,21-24,27,29,31-32,36,65H,12-13,15-20,25-26,28,30H2,1-6H3,(H,55,57)(H,58,70)(H,56,66,67)/t32-/m0/s1.